The van der Waals surface area contributed by atoms with Crippen molar-refractivity contribution in [1.29, 1.82) is 0 Å². The van der Waals surface area contributed by atoms with Gasteiger partial charge in [-0.15, -0.1) is 0 Å². The summed E-state index contributed by atoms with van der Waals surface area (Å²) in [6, 6.07) is 3.94. The fourth-order valence-electron chi connectivity index (χ4n) is 2.48. The molecule has 0 bridgehead atoms. The number of hydrogen-bond acceptors (Lipinski definition) is 6. The summed E-state index contributed by atoms with van der Waals surface area (Å²) in [7, 11) is 6.66. The number of methoxy groups -OCH3 is 4. The Hall–Kier alpha value is -1.50. The minimum Gasteiger partial charge on any atom is -0.493 e. The Balaban J connectivity index is 2.57. The predicted molar refractivity (Wildman–Crippen MR) is 92.5 cm³/mol. The minimum atomic E-state index is 0.595. The second kappa shape index (κ2) is 11.1. The van der Waals surface area contributed by atoms with E-state index >= 15 is 0 Å². The maximum absolute atomic E-state index is 6.02. The van der Waals surface area contributed by atoms with Crippen molar-refractivity contribution >= 4 is 5.69 Å². The second-order valence-electron chi connectivity index (χ2n) is 5.35. The zero-order valence-electron chi connectivity index (χ0n) is 14.8. The molecule has 132 valence electrons. The Labute approximate surface area is 139 Å². The third kappa shape index (κ3) is 6.64. The van der Waals surface area contributed by atoms with Crippen LogP contribution in [0, 0.1) is 0 Å². The number of benzene rings is 1. The average Bonchev–Trinajstić information content (AvgIpc) is 2.56. The lowest BCUT2D eigenvalue weighted by atomic mass is 10.1. The smallest absolute Gasteiger partial charge is 0.183 e. The third-order valence-corrected chi connectivity index (χ3v) is 3.73. The number of hydrogen-bond donors (Lipinski definition) is 1. The molecule has 0 radical (unpaired) electrons. The van der Waals surface area contributed by atoms with Crippen LogP contribution in [0.25, 0.3) is 0 Å². The van der Waals surface area contributed by atoms with Gasteiger partial charge in [0.1, 0.15) is 0 Å². The van der Waals surface area contributed by atoms with Crippen molar-refractivity contribution in [3.63, 3.8) is 0 Å². The molecule has 0 unspecified atom stereocenters. The molecule has 0 aliphatic carbocycles. The zero-order chi connectivity index (χ0) is 17.1. The number of nitrogens with two attached hydrogens (primary N) is 1. The zero-order valence-corrected chi connectivity index (χ0v) is 14.8. The van der Waals surface area contributed by atoms with Gasteiger partial charge in [-0.05, 0) is 37.1 Å². The van der Waals surface area contributed by atoms with Crippen LogP contribution in [-0.4, -0.2) is 66.2 Å². The van der Waals surface area contributed by atoms with E-state index in [1.54, 1.807) is 28.4 Å². The van der Waals surface area contributed by atoms with E-state index in [4.69, 9.17) is 24.7 Å². The van der Waals surface area contributed by atoms with Gasteiger partial charge in [-0.25, -0.2) is 0 Å². The van der Waals surface area contributed by atoms with Crippen LogP contribution < -0.4 is 15.2 Å². The number of rotatable bonds is 12. The fourth-order valence-corrected chi connectivity index (χ4v) is 2.48. The fraction of sp³-hybridized carbons (Fsp3) is 0.647. The van der Waals surface area contributed by atoms with Crippen LogP contribution in [0.1, 0.15) is 12.0 Å². The summed E-state index contributed by atoms with van der Waals surface area (Å²) in [4.78, 5) is 2.34. The summed E-state index contributed by atoms with van der Waals surface area (Å²) < 4.78 is 20.9. The van der Waals surface area contributed by atoms with Gasteiger partial charge in [-0.1, -0.05) is 0 Å². The standard InChI is InChI=1S/C17H30N2O4/c1-20-10-8-19(9-11-21-2)7-5-6-14-12-15(18)17(23-4)16(13-14)22-3/h12-13H,5-11,18H2,1-4H3. The van der Waals surface area contributed by atoms with Crippen LogP contribution in [0.5, 0.6) is 11.5 Å². The largest absolute Gasteiger partial charge is 0.493 e. The molecule has 23 heavy (non-hydrogen) atoms. The lowest BCUT2D eigenvalue weighted by Crippen LogP contribution is -2.31. The molecule has 2 N–H and O–H groups in total. The van der Waals surface area contributed by atoms with Crippen molar-refractivity contribution in [3.8, 4) is 11.5 Å². The lowest BCUT2D eigenvalue weighted by molar-refractivity contribution is 0.113. The van der Waals surface area contributed by atoms with E-state index in [1.807, 2.05) is 12.1 Å². The summed E-state index contributed by atoms with van der Waals surface area (Å²) in [5, 5.41) is 0. The molecule has 0 fully saturated rings. The molecule has 0 aliphatic heterocycles. The van der Waals surface area contributed by atoms with E-state index in [2.05, 4.69) is 4.90 Å². The van der Waals surface area contributed by atoms with Crippen LogP contribution in [-0.2, 0) is 15.9 Å². The predicted octanol–water partition coefficient (Wildman–Crippen LogP) is 1.81. The van der Waals surface area contributed by atoms with Gasteiger partial charge in [0, 0.05) is 27.3 Å². The van der Waals surface area contributed by atoms with Gasteiger partial charge in [-0.3, -0.25) is 4.90 Å². The number of nitrogens with zero attached hydrogens (tertiary/aromatic N) is 1. The van der Waals surface area contributed by atoms with Crippen molar-refractivity contribution in [3.05, 3.63) is 17.7 Å². The van der Waals surface area contributed by atoms with E-state index < -0.39 is 0 Å². The van der Waals surface area contributed by atoms with Crippen LogP contribution in [0.2, 0.25) is 0 Å². The SMILES string of the molecule is COCCN(CCCc1cc(N)c(OC)c(OC)c1)CCOC. The Kier molecular flexibility index (Phi) is 9.43. The molecule has 6 heteroatoms. The Bertz CT molecular complexity index is 446. The highest BCUT2D eigenvalue weighted by molar-refractivity contribution is 5.62. The van der Waals surface area contributed by atoms with Crippen LogP contribution >= 0.6 is 0 Å². The van der Waals surface area contributed by atoms with Gasteiger partial charge < -0.3 is 24.7 Å². The summed E-state index contributed by atoms with van der Waals surface area (Å²) >= 11 is 0. The van der Waals surface area contributed by atoms with E-state index in [1.165, 1.54) is 0 Å². The highest BCUT2D eigenvalue weighted by atomic mass is 16.5. The molecule has 1 aromatic carbocycles. The second-order valence-corrected chi connectivity index (χ2v) is 5.35. The first-order chi connectivity index (χ1) is 11.2. The molecular weight excluding hydrogens is 296 g/mol. The van der Waals surface area contributed by atoms with Gasteiger partial charge in [-0.2, -0.15) is 0 Å². The van der Waals surface area contributed by atoms with E-state index in [0.717, 1.165) is 51.3 Å². The molecule has 0 amide bonds. The molecule has 1 aromatic rings. The number of aryl methyl sites for hydroxylation is 1. The molecule has 0 aromatic heterocycles. The van der Waals surface area contributed by atoms with Crippen LogP contribution in [0.15, 0.2) is 12.1 Å². The first kappa shape index (κ1) is 19.5. The first-order valence-corrected chi connectivity index (χ1v) is 7.86. The van der Waals surface area contributed by atoms with Crippen molar-refractivity contribution < 1.29 is 18.9 Å². The summed E-state index contributed by atoms with van der Waals surface area (Å²) in [5.41, 5.74) is 7.78. The molecule has 6 nitrogen and oxygen atoms in total. The first-order valence-electron chi connectivity index (χ1n) is 7.86. The number of nitrogen functional groups attached to an aromatic ring is 1. The maximum atomic E-state index is 6.02. The third-order valence-electron chi connectivity index (χ3n) is 3.73. The molecular formula is C17H30N2O4. The molecule has 0 heterocycles. The van der Waals surface area contributed by atoms with E-state index in [-0.39, 0.29) is 0 Å². The van der Waals surface area contributed by atoms with Gasteiger partial charge in [0.15, 0.2) is 11.5 Å². The lowest BCUT2D eigenvalue weighted by Gasteiger charge is -2.21. The normalized spacial score (nSPS) is 11.0. The van der Waals surface area contributed by atoms with Crippen molar-refractivity contribution in [1.82, 2.24) is 4.90 Å². The molecule has 0 saturated carbocycles. The number of ether oxygens (including phenoxy) is 4. The Morgan fingerprint density at radius 1 is 0.913 bits per heavy atom. The molecule has 0 spiro atoms. The Morgan fingerprint density at radius 2 is 1.57 bits per heavy atom. The van der Waals surface area contributed by atoms with Gasteiger partial charge in [0.2, 0.25) is 0 Å². The van der Waals surface area contributed by atoms with Crippen molar-refractivity contribution in [2.45, 2.75) is 12.8 Å². The monoisotopic (exact) mass is 326 g/mol. The molecule has 1 rings (SSSR count). The van der Waals surface area contributed by atoms with E-state index in [9.17, 15) is 0 Å². The molecule has 0 aliphatic rings. The van der Waals surface area contributed by atoms with Crippen molar-refractivity contribution in [2.24, 2.45) is 0 Å². The van der Waals surface area contributed by atoms with Crippen LogP contribution in [0.3, 0.4) is 0 Å². The van der Waals surface area contributed by atoms with Crippen molar-refractivity contribution in [2.75, 3.05) is 67.0 Å². The number of anilines is 1. The quantitative estimate of drug-likeness (QED) is 0.591. The van der Waals surface area contributed by atoms with Gasteiger partial charge in [0.25, 0.3) is 0 Å². The average molecular weight is 326 g/mol. The summed E-state index contributed by atoms with van der Waals surface area (Å²) in [6.07, 6.45) is 1.96. The van der Waals surface area contributed by atoms with Crippen LogP contribution in [0.4, 0.5) is 5.69 Å². The maximum Gasteiger partial charge on any atom is 0.183 e. The Morgan fingerprint density at radius 3 is 2.09 bits per heavy atom. The highest BCUT2D eigenvalue weighted by Gasteiger charge is 2.11. The highest BCUT2D eigenvalue weighted by Crippen LogP contribution is 2.34. The van der Waals surface area contributed by atoms with Gasteiger partial charge >= 0.3 is 0 Å². The topological polar surface area (TPSA) is 66.2 Å². The molecule has 0 atom stereocenters. The summed E-state index contributed by atoms with van der Waals surface area (Å²) in [6.45, 7) is 4.27. The van der Waals surface area contributed by atoms with E-state index in [0.29, 0.717) is 17.2 Å². The summed E-state index contributed by atoms with van der Waals surface area (Å²) in [5.74, 6) is 1.27. The molecule has 0 saturated heterocycles. The minimum absolute atomic E-state index is 0.595. The van der Waals surface area contributed by atoms with Gasteiger partial charge in [0.05, 0.1) is 33.1 Å².